The van der Waals surface area contributed by atoms with Gasteiger partial charge in [0.1, 0.15) is 0 Å². The van der Waals surface area contributed by atoms with Crippen molar-refractivity contribution in [3.8, 4) is 11.4 Å². The van der Waals surface area contributed by atoms with Crippen molar-refractivity contribution in [2.45, 2.75) is 0 Å². The van der Waals surface area contributed by atoms with E-state index >= 15 is 0 Å². The molecule has 0 aliphatic rings. The Bertz CT molecular complexity index is 1410. The molecule has 2 heteroatoms. The normalized spacial score (nSPS) is 11.6. The van der Waals surface area contributed by atoms with Crippen molar-refractivity contribution in [1.29, 1.82) is 0 Å². The Morgan fingerprint density at radius 2 is 1.07 bits per heavy atom. The van der Waals surface area contributed by atoms with Crippen LogP contribution < -0.4 is 0 Å². The fourth-order valence-corrected chi connectivity index (χ4v) is 4.29. The summed E-state index contributed by atoms with van der Waals surface area (Å²) in [6, 6.07) is 36.7. The summed E-state index contributed by atoms with van der Waals surface area (Å²) in [7, 11) is 0. The first-order valence-corrected chi connectivity index (χ1v) is 9.55. The van der Waals surface area contributed by atoms with E-state index in [1.165, 1.54) is 44.1 Å². The van der Waals surface area contributed by atoms with Gasteiger partial charge in [-0.3, -0.25) is 0 Å². The molecule has 0 bridgehead atoms. The largest absolute Gasteiger partial charge is 0.316 e. The predicted octanol–water partition coefficient (Wildman–Crippen LogP) is 6.73. The summed E-state index contributed by atoms with van der Waals surface area (Å²) in [5, 5.41) is 3.83. The third-order valence-electron chi connectivity index (χ3n) is 5.55. The molecular formula is C26H18N2. The molecule has 0 atom stereocenters. The summed E-state index contributed by atoms with van der Waals surface area (Å²) < 4.78 is 4.62. The van der Waals surface area contributed by atoms with Gasteiger partial charge in [-0.25, -0.2) is 0 Å². The van der Waals surface area contributed by atoms with Crippen LogP contribution in [0.1, 0.15) is 0 Å². The minimum atomic E-state index is 1.17. The van der Waals surface area contributed by atoms with Gasteiger partial charge >= 0.3 is 0 Å². The summed E-state index contributed by atoms with van der Waals surface area (Å²) in [6.07, 6.45) is 2.15. The van der Waals surface area contributed by atoms with Crippen molar-refractivity contribution < 1.29 is 0 Å². The van der Waals surface area contributed by atoms with Gasteiger partial charge in [0.25, 0.3) is 0 Å². The predicted molar refractivity (Wildman–Crippen MR) is 118 cm³/mol. The monoisotopic (exact) mass is 358 g/mol. The summed E-state index contributed by atoms with van der Waals surface area (Å²) >= 11 is 0. The highest BCUT2D eigenvalue weighted by molar-refractivity contribution is 6.09. The van der Waals surface area contributed by atoms with Crippen LogP contribution in [-0.4, -0.2) is 9.13 Å². The maximum Gasteiger partial charge on any atom is 0.0541 e. The van der Waals surface area contributed by atoms with E-state index in [0.717, 1.165) is 0 Å². The van der Waals surface area contributed by atoms with E-state index < -0.39 is 0 Å². The summed E-state index contributed by atoms with van der Waals surface area (Å²) in [4.78, 5) is 0. The average Bonchev–Trinajstić information content (AvgIpc) is 3.33. The minimum Gasteiger partial charge on any atom is -0.316 e. The molecule has 0 spiro atoms. The van der Waals surface area contributed by atoms with Crippen molar-refractivity contribution in [3.63, 3.8) is 0 Å². The van der Waals surface area contributed by atoms with Crippen LogP contribution in [0.15, 0.2) is 109 Å². The third-order valence-corrected chi connectivity index (χ3v) is 5.55. The van der Waals surface area contributed by atoms with Crippen molar-refractivity contribution in [3.05, 3.63) is 109 Å². The molecule has 4 aromatic carbocycles. The third kappa shape index (κ3) is 2.15. The molecule has 2 heterocycles. The topological polar surface area (TPSA) is 9.86 Å². The van der Waals surface area contributed by atoms with Gasteiger partial charge in [-0.1, -0.05) is 60.7 Å². The lowest BCUT2D eigenvalue weighted by Crippen LogP contribution is -1.97. The molecule has 132 valence electrons. The maximum absolute atomic E-state index is 2.36. The summed E-state index contributed by atoms with van der Waals surface area (Å²) in [6.45, 7) is 0. The molecule has 0 amide bonds. The van der Waals surface area contributed by atoms with Crippen LogP contribution in [-0.2, 0) is 0 Å². The Kier molecular flexibility index (Phi) is 3.20. The summed E-state index contributed by atoms with van der Waals surface area (Å²) in [5.41, 5.74) is 6.03. The first-order chi connectivity index (χ1) is 13.9. The average molecular weight is 358 g/mol. The molecule has 0 radical (unpaired) electrons. The Labute approximate surface area is 162 Å². The second kappa shape index (κ2) is 5.86. The van der Waals surface area contributed by atoms with Gasteiger partial charge in [-0.15, -0.1) is 0 Å². The van der Waals surface area contributed by atoms with Gasteiger partial charge in [0.15, 0.2) is 0 Å². The molecule has 6 aromatic rings. The van der Waals surface area contributed by atoms with E-state index in [2.05, 4.69) is 118 Å². The quantitative estimate of drug-likeness (QED) is 0.325. The number of nitrogens with zero attached hydrogens (tertiary/aromatic N) is 2. The van der Waals surface area contributed by atoms with E-state index in [1.54, 1.807) is 0 Å². The molecule has 0 aliphatic carbocycles. The van der Waals surface area contributed by atoms with Crippen molar-refractivity contribution in [1.82, 2.24) is 9.13 Å². The number of aromatic nitrogens is 2. The Morgan fingerprint density at radius 1 is 0.464 bits per heavy atom. The standard InChI is InChI=1S/C26H18N2/c1-4-13-24-19(8-1)16-17-27(24)20-9-7-10-21(18-20)28-25-14-5-2-11-22(25)23-12-3-6-15-26(23)28/h1-18H. The first kappa shape index (κ1) is 15.3. The molecule has 6 rings (SSSR count). The van der Waals surface area contributed by atoms with E-state index in [1.807, 2.05) is 0 Å². The van der Waals surface area contributed by atoms with Crippen LogP contribution in [0.4, 0.5) is 0 Å². The van der Waals surface area contributed by atoms with Crippen LogP contribution in [0, 0.1) is 0 Å². The highest BCUT2D eigenvalue weighted by atomic mass is 15.0. The molecule has 0 unspecified atom stereocenters. The molecular weight excluding hydrogens is 340 g/mol. The van der Waals surface area contributed by atoms with Gasteiger partial charge in [-0.2, -0.15) is 0 Å². The van der Waals surface area contributed by atoms with E-state index in [0.29, 0.717) is 0 Å². The SMILES string of the molecule is c1cc(-n2ccc3ccccc32)cc(-n2c3ccccc3c3ccccc32)c1. The van der Waals surface area contributed by atoms with Crippen LogP contribution in [0.5, 0.6) is 0 Å². The fraction of sp³-hybridized carbons (Fsp3) is 0. The summed E-state index contributed by atoms with van der Waals surface area (Å²) in [5.74, 6) is 0. The number of fused-ring (bicyclic) bond motifs is 4. The van der Waals surface area contributed by atoms with Gasteiger partial charge in [0, 0.05) is 28.3 Å². The molecule has 0 saturated heterocycles. The maximum atomic E-state index is 2.36. The van der Waals surface area contributed by atoms with Gasteiger partial charge < -0.3 is 9.13 Å². The minimum absolute atomic E-state index is 1.17. The number of benzene rings is 4. The van der Waals surface area contributed by atoms with Gasteiger partial charge in [0.05, 0.1) is 16.6 Å². The number of para-hydroxylation sites is 3. The van der Waals surface area contributed by atoms with E-state index in [-0.39, 0.29) is 0 Å². The zero-order chi connectivity index (χ0) is 18.5. The lowest BCUT2D eigenvalue weighted by molar-refractivity contribution is 1.10. The fourth-order valence-electron chi connectivity index (χ4n) is 4.29. The first-order valence-electron chi connectivity index (χ1n) is 9.55. The lowest BCUT2D eigenvalue weighted by atomic mass is 10.2. The molecule has 2 aromatic heterocycles. The smallest absolute Gasteiger partial charge is 0.0541 e. The highest BCUT2D eigenvalue weighted by Crippen LogP contribution is 2.32. The molecule has 0 saturated carbocycles. The number of hydrogen-bond acceptors (Lipinski definition) is 0. The highest BCUT2D eigenvalue weighted by Gasteiger charge is 2.12. The molecule has 0 N–H and O–H groups in total. The molecule has 0 fully saturated rings. The van der Waals surface area contributed by atoms with E-state index in [4.69, 9.17) is 0 Å². The van der Waals surface area contributed by atoms with E-state index in [9.17, 15) is 0 Å². The molecule has 2 nitrogen and oxygen atoms in total. The Hall–Kier alpha value is -3.78. The van der Waals surface area contributed by atoms with Crippen LogP contribution in [0.3, 0.4) is 0 Å². The number of hydrogen-bond donors (Lipinski definition) is 0. The second-order valence-electron chi connectivity index (χ2n) is 7.13. The Morgan fingerprint density at radius 3 is 1.82 bits per heavy atom. The van der Waals surface area contributed by atoms with Crippen LogP contribution >= 0.6 is 0 Å². The van der Waals surface area contributed by atoms with Gasteiger partial charge in [0.2, 0.25) is 0 Å². The van der Waals surface area contributed by atoms with Crippen molar-refractivity contribution in [2.75, 3.05) is 0 Å². The Balaban J connectivity index is 1.64. The molecule has 28 heavy (non-hydrogen) atoms. The van der Waals surface area contributed by atoms with Crippen LogP contribution in [0.25, 0.3) is 44.1 Å². The second-order valence-corrected chi connectivity index (χ2v) is 7.13. The lowest BCUT2D eigenvalue weighted by Gasteiger charge is -2.11. The van der Waals surface area contributed by atoms with Crippen molar-refractivity contribution >= 4 is 32.7 Å². The van der Waals surface area contributed by atoms with Crippen molar-refractivity contribution in [2.24, 2.45) is 0 Å². The molecule has 0 aliphatic heterocycles. The van der Waals surface area contributed by atoms with Crippen LogP contribution in [0.2, 0.25) is 0 Å². The zero-order valence-electron chi connectivity index (χ0n) is 15.3. The zero-order valence-corrected chi connectivity index (χ0v) is 15.3. The van der Waals surface area contributed by atoms with Gasteiger partial charge in [-0.05, 0) is 47.9 Å². The number of rotatable bonds is 2.